The summed E-state index contributed by atoms with van der Waals surface area (Å²) in [6, 6.07) is 21.7. The summed E-state index contributed by atoms with van der Waals surface area (Å²) in [5, 5.41) is 10.9. The van der Waals surface area contributed by atoms with Gasteiger partial charge in [0.2, 0.25) is 6.10 Å². The van der Waals surface area contributed by atoms with E-state index in [-0.39, 0.29) is 12.5 Å². The molecule has 28 heavy (non-hydrogen) atoms. The number of hydrogen-bond acceptors (Lipinski definition) is 5. The van der Waals surface area contributed by atoms with Crippen molar-refractivity contribution >= 4 is 11.6 Å². The molecule has 0 unspecified atom stereocenters. The Morgan fingerprint density at radius 2 is 1.79 bits per heavy atom. The van der Waals surface area contributed by atoms with Crippen LogP contribution in [0.4, 0.5) is 0 Å². The predicted molar refractivity (Wildman–Crippen MR) is 105 cm³/mol. The molecule has 3 aromatic rings. The molecule has 1 aliphatic rings. The summed E-state index contributed by atoms with van der Waals surface area (Å²) in [6.45, 7) is 0.286. The van der Waals surface area contributed by atoms with Gasteiger partial charge in [0.25, 0.3) is 5.91 Å². The second-order valence-corrected chi connectivity index (χ2v) is 6.71. The van der Waals surface area contributed by atoms with E-state index in [4.69, 9.17) is 9.36 Å². The van der Waals surface area contributed by atoms with Gasteiger partial charge < -0.3 is 14.7 Å². The quantitative estimate of drug-likeness (QED) is 0.683. The monoisotopic (exact) mass is 375 g/mol. The Morgan fingerprint density at radius 3 is 2.57 bits per heavy atom. The Balaban J connectivity index is 1.23. The molecule has 1 atom stereocenters. The van der Waals surface area contributed by atoms with Crippen molar-refractivity contribution < 1.29 is 14.2 Å². The molecule has 0 bridgehead atoms. The minimum Gasteiger partial charge on any atom is -0.382 e. The molecule has 0 radical (unpaired) electrons. The summed E-state index contributed by atoms with van der Waals surface area (Å²) >= 11 is 0. The predicted octanol–water partition coefficient (Wildman–Crippen LogP) is 3.74. The molecule has 0 saturated heterocycles. The molecule has 2 heterocycles. The maximum atomic E-state index is 12.3. The van der Waals surface area contributed by atoms with Crippen molar-refractivity contribution in [2.24, 2.45) is 5.16 Å². The van der Waals surface area contributed by atoms with Crippen LogP contribution >= 0.6 is 0 Å². The highest BCUT2D eigenvalue weighted by atomic mass is 16.6. The van der Waals surface area contributed by atoms with Crippen LogP contribution in [0.2, 0.25) is 0 Å². The molecule has 1 aromatic heterocycles. The average Bonchev–Trinajstić information content (AvgIpc) is 3.42. The molecule has 0 fully saturated rings. The lowest BCUT2D eigenvalue weighted by atomic mass is 10.0. The lowest BCUT2D eigenvalue weighted by Gasteiger charge is -2.08. The fourth-order valence-corrected chi connectivity index (χ4v) is 3.07. The highest BCUT2D eigenvalue weighted by Gasteiger charge is 2.27. The molecular weight excluding hydrogens is 354 g/mol. The number of aryl methyl sites for hydroxylation is 1. The van der Waals surface area contributed by atoms with Crippen molar-refractivity contribution in [1.29, 1.82) is 0 Å². The molecule has 0 spiro atoms. The molecule has 1 N–H and O–H groups in total. The number of nitrogens with zero attached hydrogens (tertiary/aromatic N) is 2. The maximum Gasteiger partial charge on any atom is 0.264 e. The van der Waals surface area contributed by atoms with E-state index in [2.05, 4.69) is 27.8 Å². The Bertz CT molecular complexity index is 951. The molecule has 4 rings (SSSR count). The van der Waals surface area contributed by atoms with E-state index in [0.717, 1.165) is 24.1 Å². The van der Waals surface area contributed by atoms with Crippen LogP contribution in [0.5, 0.6) is 0 Å². The lowest BCUT2D eigenvalue weighted by Crippen LogP contribution is -2.34. The number of nitrogens with one attached hydrogen (secondary N) is 1. The van der Waals surface area contributed by atoms with Crippen molar-refractivity contribution in [3.05, 3.63) is 78.0 Å². The molecule has 6 heteroatoms. The number of aromatic nitrogens is 1. The van der Waals surface area contributed by atoms with Crippen molar-refractivity contribution in [3.63, 3.8) is 0 Å². The van der Waals surface area contributed by atoms with Gasteiger partial charge in [0.05, 0.1) is 12.3 Å². The van der Waals surface area contributed by atoms with E-state index in [9.17, 15) is 4.79 Å². The number of rotatable bonds is 7. The van der Waals surface area contributed by atoms with Crippen LogP contribution in [-0.2, 0) is 22.6 Å². The SMILES string of the molecule is O=C(NCc1cc(-c2ccccc2)on1)[C@@H]1CC(CCc2ccccc2)=NO1. The third-order valence-corrected chi connectivity index (χ3v) is 4.63. The van der Waals surface area contributed by atoms with Gasteiger partial charge >= 0.3 is 0 Å². The summed E-state index contributed by atoms with van der Waals surface area (Å²) in [4.78, 5) is 17.7. The van der Waals surface area contributed by atoms with E-state index in [1.165, 1.54) is 5.56 Å². The molecule has 6 nitrogen and oxygen atoms in total. The van der Waals surface area contributed by atoms with Gasteiger partial charge in [-0.1, -0.05) is 71.0 Å². The van der Waals surface area contributed by atoms with Gasteiger partial charge in [-0.2, -0.15) is 0 Å². The first-order valence-corrected chi connectivity index (χ1v) is 9.32. The Labute approximate surface area is 163 Å². The van der Waals surface area contributed by atoms with Crippen LogP contribution in [0.1, 0.15) is 24.1 Å². The highest BCUT2D eigenvalue weighted by Crippen LogP contribution is 2.20. The third-order valence-electron chi connectivity index (χ3n) is 4.63. The van der Waals surface area contributed by atoms with E-state index < -0.39 is 6.10 Å². The van der Waals surface area contributed by atoms with Gasteiger partial charge in [0.1, 0.15) is 5.69 Å². The molecule has 142 valence electrons. The van der Waals surface area contributed by atoms with Crippen LogP contribution in [0.15, 0.2) is 76.4 Å². The van der Waals surface area contributed by atoms with Crippen molar-refractivity contribution in [2.45, 2.75) is 31.9 Å². The average molecular weight is 375 g/mol. The maximum absolute atomic E-state index is 12.3. The summed E-state index contributed by atoms with van der Waals surface area (Å²) in [6.07, 6.45) is 1.62. The van der Waals surface area contributed by atoms with Gasteiger partial charge in [0.15, 0.2) is 5.76 Å². The fourth-order valence-electron chi connectivity index (χ4n) is 3.07. The topological polar surface area (TPSA) is 76.7 Å². The van der Waals surface area contributed by atoms with Crippen molar-refractivity contribution in [3.8, 4) is 11.3 Å². The van der Waals surface area contributed by atoms with Crippen LogP contribution in [0.25, 0.3) is 11.3 Å². The molecule has 1 aliphatic heterocycles. The third kappa shape index (κ3) is 4.46. The van der Waals surface area contributed by atoms with Crippen LogP contribution < -0.4 is 5.32 Å². The van der Waals surface area contributed by atoms with E-state index in [1.807, 2.05) is 54.6 Å². The summed E-state index contributed by atoms with van der Waals surface area (Å²) in [5.74, 6) is 0.483. The van der Waals surface area contributed by atoms with Gasteiger partial charge in [-0.15, -0.1) is 0 Å². The Kier molecular flexibility index (Phi) is 5.47. The van der Waals surface area contributed by atoms with E-state index >= 15 is 0 Å². The minimum atomic E-state index is -0.578. The van der Waals surface area contributed by atoms with Gasteiger partial charge in [-0.3, -0.25) is 4.79 Å². The largest absolute Gasteiger partial charge is 0.382 e. The summed E-state index contributed by atoms with van der Waals surface area (Å²) in [5.41, 5.74) is 3.77. The number of oxime groups is 1. The molecular formula is C22H21N3O3. The Hall–Kier alpha value is -3.41. The minimum absolute atomic E-state index is 0.192. The second-order valence-electron chi connectivity index (χ2n) is 6.71. The van der Waals surface area contributed by atoms with Crippen LogP contribution in [0.3, 0.4) is 0 Å². The van der Waals surface area contributed by atoms with Gasteiger partial charge in [-0.25, -0.2) is 0 Å². The highest BCUT2D eigenvalue weighted by molar-refractivity contribution is 5.92. The van der Waals surface area contributed by atoms with Crippen LogP contribution in [0, 0.1) is 0 Å². The molecule has 0 aliphatic carbocycles. The van der Waals surface area contributed by atoms with Crippen LogP contribution in [-0.4, -0.2) is 22.9 Å². The number of carbonyl (C=O) groups is 1. The number of benzene rings is 2. The van der Waals surface area contributed by atoms with Gasteiger partial charge in [-0.05, 0) is 18.4 Å². The zero-order chi connectivity index (χ0) is 19.2. The summed E-state index contributed by atoms with van der Waals surface area (Å²) < 4.78 is 5.34. The molecule has 1 amide bonds. The zero-order valence-electron chi connectivity index (χ0n) is 15.4. The number of hydrogen-bond donors (Lipinski definition) is 1. The summed E-state index contributed by atoms with van der Waals surface area (Å²) in [7, 11) is 0. The van der Waals surface area contributed by atoms with Crippen molar-refractivity contribution in [1.82, 2.24) is 10.5 Å². The smallest absolute Gasteiger partial charge is 0.264 e. The van der Waals surface area contributed by atoms with Gasteiger partial charge in [0, 0.05) is 18.1 Å². The second kappa shape index (κ2) is 8.52. The first kappa shape index (κ1) is 18.0. The molecule has 2 aromatic carbocycles. The normalized spacial score (nSPS) is 15.7. The van der Waals surface area contributed by atoms with Crippen molar-refractivity contribution in [2.75, 3.05) is 0 Å². The number of carbonyl (C=O) groups excluding carboxylic acids is 1. The molecule has 0 saturated carbocycles. The Morgan fingerprint density at radius 1 is 1.04 bits per heavy atom. The fraction of sp³-hybridized carbons (Fsp3) is 0.227. The van der Waals surface area contributed by atoms with E-state index in [0.29, 0.717) is 17.9 Å². The lowest BCUT2D eigenvalue weighted by molar-refractivity contribution is -0.131. The number of amides is 1. The first-order chi connectivity index (χ1) is 13.8. The standard InChI is InChI=1S/C22H21N3O3/c26-22(21-13-18(24-28-21)12-11-16-7-3-1-4-8-16)23-15-19-14-20(27-25-19)17-9-5-2-6-10-17/h1-10,14,21H,11-13,15H2,(H,23,26)/t21-/m0/s1. The zero-order valence-corrected chi connectivity index (χ0v) is 15.4. The first-order valence-electron chi connectivity index (χ1n) is 9.32. The van der Waals surface area contributed by atoms with E-state index in [1.54, 1.807) is 0 Å².